The van der Waals surface area contributed by atoms with Crippen molar-refractivity contribution < 1.29 is 48.9 Å². The minimum atomic E-state index is -5.40. The number of phosphoric acid groups is 1. The van der Waals surface area contributed by atoms with Crippen LogP contribution in [0.2, 0.25) is 0 Å². The molecule has 0 aromatic rings. The average Bonchev–Trinajstić information content (AvgIpc) is 2.21. The summed E-state index contributed by atoms with van der Waals surface area (Å²) in [5.41, 5.74) is 0. The Morgan fingerprint density at radius 3 is 2.06 bits per heavy atom. The Bertz CT molecular complexity index is 334. The van der Waals surface area contributed by atoms with E-state index < -0.39 is 44.5 Å². The average molecular weight is 271 g/mol. The summed E-state index contributed by atoms with van der Waals surface area (Å²) in [6.07, 6.45) is -7.02. The number of carboxylic acids is 1. The number of phosphoric ester groups is 1. The predicted octanol–water partition coefficient (Wildman–Crippen LogP) is -5.77. The number of carbonyl (C=O) groups is 2. The summed E-state index contributed by atoms with van der Waals surface area (Å²) in [6, 6.07) is 0. The molecule has 0 aliphatic rings. The van der Waals surface area contributed by atoms with Crippen molar-refractivity contribution in [3.63, 3.8) is 0 Å². The lowest BCUT2D eigenvalue weighted by Gasteiger charge is -2.31. The van der Waals surface area contributed by atoms with Gasteiger partial charge in [-0.05, 0) is 0 Å². The molecule has 0 bridgehead atoms. The smallest absolute Gasteiger partial charge is 0.209 e. The molecule has 0 spiro atoms. The quantitative estimate of drug-likeness (QED) is 0.297. The topological polar surface area (TPSA) is 190 Å². The normalized spacial score (nSPS) is 17.2. The molecule has 17 heavy (non-hydrogen) atoms. The van der Waals surface area contributed by atoms with Crippen molar-refractivity contribution in [1.82, 2.24) is 0 Å². The highest BCUT2D eigenvalue weighted by Gasteiger charge is 2.30. The summed E-state index contributed by atoms with van der Waals surface area (Å²) in [6.45, 7) is -1.23. The summed E-state index contributed by atoms with van der Waals surface area (Å²) in [7, 11) is -5.40. The highest BCUT2D eigenvalue weighted by molar-refractivity contribution is 7.43. The van der Waals surface area contributed by atoms with Crippen LogP contribution in [0.1, 0.15) is 0 Å². The number of aliphatic hydroxyl groups excluding tert-OH is 3. The van der Waals surface area contributed by atoms with E-state index in [4.69, 9.17) is 15.3 Å². The Balaban J connectivity index is 4.40. The molecule has 0 saturated heterocycles. The molecule has 0 aliphatic heterocycles. The fourth-order valence-corrected chi connectivity index (χ4v) is 1.09. The van der Waals surface area contributed by atoms with Crippen molar-refractivity contribution in [1.29, 1.82) is 0 Å². The molecule has 0 fully saturated rings. The minimum Gasteiger partial charge on any atom is -0.790 e. The molecule has 11 heteroatoms. The van der Waals surface area contributed by atoms with Gasteiger partial charge in [-0.3, -0.25) is 4.79 Å². The standard InChI is InChI=1S/C6H11O10P/c7-2(1-16-17(13,14)15)3(8)4(9)5(10)6(11)12/h2-4,7-9H,1H2,(H,11,12)(H2,13,14,15)/p-3/t2-,3-,4+/m1/s1. The van der Waals surface area contributed by atoms with Gasteiger partial charge in [0.25, 0.3) is 0 Å². The summed E-state index contributed by atoms with van der Waals surface area (Å²) in [4.78, 5) is 40.6. The maximum absolute atomic E-state index is 10.6. The van der Waals surface area contributed by atoms with Crippen LogP contribution in [0.15, 0.2) is 0 Å². The van der Waals surface area contributed by atoms with Crippen LogP contribution in [0.3, 0.4) is 0 Å². The van der Waals surface area contributed by atoms with Crippen molar-refractivity contribution in [2.75, 3.05) is 6.61 Å². The van der Waals surface area contributed by atoms with Crippen molar-refractivity contribution in [3.05, 3.63) is 0 Å². The number of Topliss-reactive ketones (excluding diaryl/α,β-unsaturated/α-hetero) is 1. The highest BCUT2D eigenvalue weighted by atomic mass is 31.2. The van der Waals surface area contributed by atoms with Crippen LogP contribution in [0.4, 0.5) is 0 Å². The maximum Gasteiger partial charge on any atom is 0.209 e. The molecule has 0 unspecified atom stereocenters. The van der Waals surface area contributed by atoms with Gasteiger partial charge in [0.1, 0.15) is 24.3 Å². The lowest BCUT2D eigenvalue weighted by atomic mass is 10.1. The molecule has 0 rings (SSSR count). The van der Waals surface area contributed by atoms with Crippen molar-refractivity contribution >= 4 is 19.6 Å². The molecule has 0 aliphatic carbocycles. The van der Waals surface area contributed by atoms with Gasteiger partial charge in [-0.15, -0.1) is 0 Å². The number of hydrogen-bond acceptors (Lipinski definition) is 10. The second-order valence-electron chi connectivity index (χ2n) is 2.90. The van der Waals surface area contributed by atoms with Gasteiger partial charge >= 0.3 is 0 Å². The number of rotatable bonds is 7. The first-order valence-corrected chi connectivity index (χ1v) is 5.48. The Morgan fingerprint density at radius 1 is 1.24 bits per heavy atom. The van der Waals surface area contributed by atoms with E-state index in [1.54, 1.807) is 0 Å². The van der Waals surface area contributed by atoms with Gasteiger partial charge in [0.15, 0.2) is 0 Å². The Kier molecular flexibility index (Phi) is 5.85. The molecule has 3 atom stereocenters. The van der Waals surface area contributed by atoms with E-state index >= 15 is 0 Å². The van der Waals surface area contributed by atoms with Gasteiger partial charge in [-0.2, -0.15) is 0 Å². The molecule has 0 aromatic carbocycles. The molecule has 3 N–H and O–H groups in total. The second kappa shape index (κ2) is 6.17. The Labute approximate surface area is 94.3 Å². The zero-order valence-corrected chi connectivity index (χ0v) is 8.98. The zero-order valence-electron chi connectivity index (χ0n) is 8.09. The number of hydrogen-bond donors (Lipinski definition) is 3. The van der Waals surface area contributed by atoms with Crippen LogP contribution in [0, 0.1) is 0 Å². The van der Waals surface area contributed by atoms with Crippen LogP contribution in [0.5, 0.6) is 0 Å². The van der Waals surface area contributed by atoms with Crippen LogP contribution in [-0.2, 0) is 18.7 Å². The minimum absolute atomic E-state index is 1.23. The molecular weight excluding hydrogens is 263 g/mol. The van der Waals surface area contributed by atoms with Crippen molar-refractivity contribution in [2.45, 2.75) is 18.3 Å². The van der Waals surface area contributed by atoms with E-state index in [2.05, 4.69) is 4.52 Å². The molecule has 0 heterocycles. The first-order valence-electron chi connectivity index (χ1n) is 4.02. The van der Waals surface area contributed by atoms with E-state index in [0.29, 0.717) is 0 Å². The third-order valence-electron chi connectivity index (χ3n) is 1.59. The van der Waals surface area contributed by atoms with E-state index in [9.17, 15) is 29.0 Å². The maximum atomic E-state index is 10.6. The van der Waals surface area contributed by atoms with Gasteiger partial charge in [0.05, 0.1) is 14.4 Å². The third-order valence-corrected chi connectivity index (χ3v) is 2.06. The first kappa shape index (κ1) is 16.1. The lowest BCUT2D eigenvalue weighted by molar-refractivity contribution is -0.343. The van der Waals surface area contributed by atoms with Crippen LogP contribution < -0.4 is 14.9 Å². The number of ketones is 1. The molecule has 0 saturated carbocycles. The van der Waals surface area contributed by atoms with Gasteiger partial charge in [-0.1, -0.05) is 0 Å². The number of aliphatic carboxylic acids is 1. The molecule has 0 aromatic heterocycles. The Morgan fingerprint density at radius 2 is 1.71 bits per heavy atom. The Hall–Kier alpha value is -0.870. The van der Waals surface area contributed by atoms with Gasteiger partial charge in [-0.25, -0.2) is 0 Å². The molecule has 0 amide bonds. The van der Waals surface area contributed by atoms with Gasteiger partial charge in [0, 0.05) is 0 Å². The number of aliphatic hydroxyl groups is 3. The van der Waals surface area contributed by atoms with Crippen molar-refractivity contribution in [3.8, 4) is 0 Å². The van der Waals surface area contributed by atoms with Crippen LogP contribution >= 0.6 is 7.82 Å². The predicted molar refractivity (Wildman–Crippen MR) is 41.6 cm³/mol. The zero-order chi connectivity index (χ0) is 13.8. The molecular formula is C6H8O10P-3. The number of carboxylic acid groups (broad SMARTS) is 1. The largest absolute Gasteiger partial charge is 0.790 e. The van der Waals surface area contributed by atoms with Crippen LogP contribution in [-0.4, -0.2) is 52.0 Å². The van der Waals surface area contributed by atoms with Crippen LogP contribution in [0.25, 0.3) is 0 Å². The van der Waals surface area contributed by atoms with E-state index in [0.717, 1.165) is 0 Å². The molecule has 0 radical (unpaired) electrons. The highest BCUT2D eigenvalue weighted by Crippen LogP contribution is 2.24. The SMILES string of the molecule is O=C([O-])C(=O)[C@@H](O)[C@H](O)[C@H](O)COP(=O)([O-])[O-]. The van der Waals surface area contributed by atoms with E-state index in [1.165, 1.54) is 0 Å². The first-order chi connectivity index (χ1) is 7.56. The summed E-state index contributed by atoms with van der Waals surface area (Å²) in [5.74, 6) is -4.22. The lowest BCUT2D eigenvalue weighted by Crippen LogP contribution is -2.49. The fourth-order valence-electron chi connectivity index (χ4n) is 0.753. The second-order valence-corrected chi connectivity index (χ2v) is 4.05. The summed E-state index contributed by atoms with van der Waals surface area (Å²) in [5, 5.41) is 36.9. The number of carbonyl (C=O) groups excluding carboxylic acids is 2. The van der Waals surface area contributed by atoms with Gasteiger partial charge in [0.2, 0.25) is 5.78 Å². The van der Waals surface area contributed by atoms with E-state index in [-0.39, 0.29) is 0 Å². The summed E-state index contributed by atoms with van der Waals surface area (Å²) < 4.78 is 13.5. The third kappa shape index (κ3) is 5.84. The van der Waals surface area contributed by atoms with Crippen molar-refractivity contribution in [2.24, 2.45) is 0 Å². The fraction of sp³-hybridized carbons (Fsp3) is 0.667. The van der Waals surface area contributed by atoms with Gasteiger partial charge < -0.3 is 44.1 Å². The summed E-state index contributed by atoms with van der Waals surface area (Å²) >= 11 is 0. The monoisotopic (exact) mass is 271 g/mol. The molecule has 10 nitrogen and oxygen atoms in total. The molecule has 100 valence electrons. The van der Waals surface area contributed by atoms with E-state index in [1.807, 2.05) is 0 Å².